The third-order valence-electron chi connectivity index (χ3n) is 5.63. The molecule has 3 aromatic rings. The minimum atomic E-state index is -3.93. The Balaban J connectivity index is 1.67. The fraction of sp³-hybridized carbons (Fsp3) is 0.286. The molecule has 0 spiro atoms. The molecule has 1 aliphatic heterocycles. The molecule has 1 unspecified atom stereocenters. The van der Waals surface area contributed by atoms with Crippen LogP contribution in [0.2, 0.25) is 0 Å². The second-order valence-corrected chi connectivity index (χ2v) is 13.0. The van der Waals surface area contributed by atoms with Crippen LogP contribution >= 0.6 is 18.9 Å². The lowest BCUT2D eigenvalue weighted by molar-refractivity contribution is 0.404. The van der Waals surface area contributed by atoms with Gasteiger partial charge in [0, 0.05) is 30.3 Å². The Morgan fingerprint density at radius 3 is 2.74 bits per heavy atom. The summed E-state index contributed by atoms with van der Waals surface area (Å²) in [6.07, 6.45) is 2.99. The number of benzene rings is 1. The molecule has 2 aromatic heterocycles. The van der Waals surface area contributed by atoms with Gasteiger partial charge in [-0.15, -0.1) is 0 Å². The molecule has 1 saturated carbocycles. The van der Waals surface area contributed by atoms with Gasteiger partial charge in [-0.1, -0.05) is 0 Å². The molecule has 2 aliphatic rings. The summed E-state index contributed by atoms with van der Waals surface area (Å²) in [6, 6.07) is 6.13. The smallest absolute Gasteiger partial charge is 0.348 e. The number of aromatic nitrogens is 2. The molecule has 11 nitrogen and oxygen atoms in total. The van der Waals surface area contributed by atoms with Crippen LogP contribution in [-0.2, 0) is 25.7 Å². The van der Waals surface area contributed by atoms with Crippen molar-refractivity contribution in [3.63, 3.8) is 0 Å². The van der Waals surface area contributed by atoms with E-state index in [9.17, 15) is 22.9 Å². The van der Waals surface area contributed by atoms with E-state index in [0.717, 1.165) is 19.1 Å². The molecular weight excluding hydrogens is 513 g/mol. The lowest BCUT2D eigenvalue weighted by Gasteiger charge is -2.25. The van der Waals surface area contributed by atoms with Crippen molar-refractivity contribution in [2.75, 3.05) is 23.4 Å². The Hall–Kier alpha value is -2.99. The quantitative estimate of drug-likeness (QED) is 0.391. The number of nitrogens with zero attached hydrogens (tertiary/aromatic N) is 3. The number of aromatic hydroxyl groups is 1. The summed E-state index contributed by atoms with van der Waals surface area (Å²) < 4.78 is 50.1. The molecule has 1 aromatic carbocycles. The van der Waals surface area contributed by atoms with Crippen molar-refractivity contribution in [2.45, 2.75) is 19.4 Å². The van der Waals surface area contributed by atoms with Crippen LogP contribution in [0, 0.1) is 5.92 Å². The van der Waals surface area contributed by atoms with Crippen LogP contribution in [-0.4, -0.2) is 42.5 Å². The predicted octanol–water partition coefficient (Wildman–Crippen LogP) is 2.80. The zero-order chi connectivity index (χ0) is 25.0. The first-order valence-corrected chi connectivity index (χ1v) is 15.0. The van der Waals surface area contributed by atoms with Crippen LogP contribution in [0.15, 0.2) is 44.6 Å². The lowest BCUT2D eigenvalue weighted by Crippen LogP contribution is -2.35. The topological polar surface area (TPSA) is 152 Å². The number of hydrogen-bond acceptors (Lipinski definition) is 9. The van der Waals surface area contributed by atoms with Gasteiger partial charge in [0.15, 0.2) is 11.6 Å². The molecule has 3 N–H and O–H groups in total. The zero-order valence-corrected chi connectivity index (χ0v) is 21.3. The zero-order valence-electron chi connectivity index (χ0n) is 18.8. The Bertz CT molecular complexity index is 1560. The SMILES string of the molecule is COP1(=O)N=C(c2c(O)c(-c3ccsc3)nn(CC3CC3)c2=O)Nc2ccc(NS(C)(=O)=O)cc21. The van der Waals surface area contributed by atoms with Gasteiger partial charge in [0.2, 0.25) is 10.0 Å². The number of fused-ring (bicyclic) bond motifs is 1. The van der Waals surface area contributed by atoms with E-state index in [1.54, 1.807) is 11.4 Å². The maximum absolute atomic E-state index is 13.7. The van der Waals surface area contributed by atoms with Gasteiger partial charge in [-0.3, -0.25) is 14.1 Å². The molecule has 0 radical (unpaired) electrons. The van der Waals surface area contributed by atoms with E-state index in [1.807, 2.05) is 5.38 Å². The van der Waals surface area contributed by atoms with Crippen molar-refractivity contribution in [3.8, 4) is 17.0 Å². The van der Waals surface area contributed by atoms with Crippen LogP contribution in [0.4, 0.5) is 11.4 Å². The Morgan fingerprint density at radius 1 is 1.34 bits per heavy atom. The molecule has 0 amide bonds. The van der Waals surface area contributed by atoms with Crippen molar-refractivity contribution >= 4 is 51.4 Å². The summed E-state index contributed by atoms with van der Waals surface area (Å²) in [5.41, 5.74) is 0.616. The third-order valence-corrected chi connectivity index (χ3v) is 8.85. The predicted molar refractivity (Wildman–Crippen MR) is 136 cm³/mol. The van der Waals surface area contributed by atoms with Crippen molar-refractivity contribution in [1.82, 2.24) is 9.78 Å². The van der Waals surface area contributed by atoms with Crippen LogP contribution in [0.3, 0.4) is 0 Å². The Kier molecular flexibility index (Phi) is 5.83. The first-order valence-electron chi connectivity index (χ1n) is 10.6. The number of amidine groups is 1. The van der Waals surface area contributed by atoms with E-state index in [0.29, 0.717) is 23.7 Å². The van der Waals surface area contributed by atoms with Crippen LogP contribution in [0.1, 0.15) is 18.4 Å². The minimum absolute atomic E-state index is 0.113. The number of hydrogen-bond donors (Lipinski definition) is 3. The molecule has 0 bridgehead atoms. The third kappa shape index (κ3) is 4.64. The average molecular weight is 536 g/mol. The molecule has 3 heterocycles. The number of sulfonamides is 1. The van der Waals surface area contributed by atoms with Crippen LogP contribution in [0.25, 0.3) is 11.3 Å². The normalized spacial score (nSPS) is 19.5. The van der Waals surface area contributed by atoms with Gasteiger partial charge in [-0.05, 0) is 48.4 Å². The molecular formula is C21H22N5O6PS2. The van der Waals surface area contributed by atoms with Gasteiger partial charge in [0.05, 0.1) is 17.2 Å². The highest BCUT2D eigenvalue weighted by Gasteiger charge is 2.36. The molecule has 0 saturated heterocycles. The number of rotatable bonds is 7. The number of nitrogens with one attached hydrogen (secondary N) is 2. The van der Waals surface area contributed by atoms with E-state index in [-0.39, 0.29) is 33.8 Å². The standard InChI is InChI=1S/C21H22N5O6PS2/c1-32-33(29)16-9-14(25-35(2,30)31)5-6-15(16)22-20(24-33)17-19(27)18(13-7-8-34-11-13)23-26(21(17)28)10-12-3-4-12/h5-9,11-12,25,27H,3-4,10H2,1-2H3,(H,22,24,29). The molecule has 1 aliphatic carbocycles. The number of anilines is 2. The van der Waals surface area contributed by atoms with E-state index < -0.39 is 23.1 Å². The molecule has 1 atom stereocenters. The van der Waals surface area contributed by atoms with E-state index in [4.69, 9.17) is 4.52 Å². The van der Waals surface area contributed by atoms with Crippen molar-refractivity contribution in [1.29, 1.82) is 0 Å². The van der Waals surface area contributed by atoms with Gasteiger partial charge in [-0.25, -0.2) is 13.1 Å². The second-order valence-electron chi connectivity index (χ2n) is 8.40. The summed E-state index contributed by atoms with van der Waals surface area (Å²) in [5.74, 6) is -0.161. The maximum atomic E-state index is 13.7. The van der Waals surface area contributed by atoms with Gasteiger partial charge >= 0.3 is 7.52 Å². The minimum Gasteiger partial charge on any atom is -0.505 e. The largest absolute Gasteiger partial charge is 0.505 e. The van der Waals surface area contributed by atoms with E-state index in [1.165, 1.54) is 41.3 Å². The fourth-order valence-electron chi connectivity index (χ4n) is 3.78. The average Bonchev–Trinajstić information content (AvgIpc) is 3.44. The van der Waals surface area contributed by atoms with Gasteiger partial charge in [-0.2, -0.15) is 21.2 Å². The highest BCUT2D eigenvalue weighted by atomic mass is 32.2. The van der Waals surface area contributed by atoms with Crippen molar-refractivity contribution in [3.05, 3.63) is 50.9 Å². The molecule has 35 heavy (non-hydrogen) atoms. The summed E-state index contributed by atoms with van der Waals surface area (Å²) >= 11 is 1.42. The number of thiophene rings is 1. The second kappa shape index (κ2) is 8.59. The first kappa shape index (κ1) is 23.7. The maximum Gasteiger partial charge on any atom is 0.348 e. The van der Waals surface area contributed by atoms with Gasteiger partial charge in [0.1, 0.15) is 11.3 Å². The van der Waals surface area contributed by atoms with Gasteiger partial charge < -0.3 is 14.9 Å². The fourth-order valence-corrected chi connectivity index (χ4v) is 6.51. The molecule has 14 heteroatoms. The summed E-state index contributed by atoms with van der Waals surface area (Å²) in [5, 5.41) is 22.3. The van der Waals surface area contributed by atoms with E-state index >= 15 is 0 Å². The van der Waals surface area contributed by atoms with Crippen LogP contribution < -0.4 is 20.9 Å². The lowest BCUT2D eigenvalue weighted by atomic mass is 10.1. The summed E-state index contributed by atoms with van der Waals surface area (Å²) in [6.45, 7) is 0.398. The monoisotopic (exact) mass is 535 g/mol. The van der Waals surface area contributed by atoms with Crippen molar-refractivity contribution < 1.29 is 22.6 Å². The summed E-state index contributed by atoms with van der Waals surface area (Å²) in [7, 11) is -6.29. The Labute approximate surface area is 205 Å². The van der Waals surface area contributed by atoms with E-state index in [2.05, 4.69) is 19.9 Å². The van der Waals surface area contributed by atoms with Gasteiger partial charge in [0.25, 0.3) is 5.56 Å². The van der Waals surface area contributed by atoms with Crippen molar-refractivity contribution in [2.24, 2.45) is 10.7 Å². The first-order chi connectivity index (χ1) is 16.6. The molecule has 184 valence electrons. The highest BCUT2D eigenvalue weighted by Crippen LogP contribution is 2.52. The molecule has 5 rings (SSSR count). The Morgan fingerprint density at radius 2 is 2.11 bits per heavy atom. The highest BCUT2D eigenvalue weighted by molar-refractivity contribution is 7.92. The van der Waals surface area contributed by atoms with Crippen LogP contribution in [0.5, 0.6) is 5.75 Å². The molecule has 1 fully saturated rings. The summed E-state index contributed by atoms with van der Waals surface area (Å²) in [4.78, 5) is 13.4.